The molecule has 0 aliphatic heterocycles. The van der Waals surface area contributed by atoms with Crippen molar-refractivity contribution in [2.75, 3.05) is 0 Å². The minimum Gasteiger partial charge on any atom is -0.412 e. The predicted molar refractivity (Wildman–Crippen MR) is 155 cm³/mol. The SMILES string of the molecule is C=C1C[C@H]2[C@@H](C=C[C@@](O[SiH](C)C)(C3CCCCC3)C(C)(C)C)[C@H](C(C)(C)C)C[C@@]2(O[SiH](C)C)C1O. The standard InChI is InChI=1S/C30H56O3Si2/c1-21-19-24-23(25(27(2,3)4)20-29(24,26(21)31)32-34(8)9)17-18-30(28(5,6)7,33-35(10)11)22-15-13-12-14-16-22/h17-18,22-26,31,34-35H,1,12-16,19-20H2,2-11H3/t23-,24+,25-,26?,29+,30-/m1/s1. The van der Waals surface area contributed by atoms with E-state index in [0.29, 0.717) is 23.7 Å². The second-order valence-corrected chi connectivity index (χ2v) is 19.3. The van der Waals surface area contributed by atoms with E-state index in [0.717, 1.165) is 18.4 Å². The highest BCUT2D eigenvalue weighted by atomic mass is 28.3. The van der Waals surface area contributed by atoms with Crippen molar-refractivity contribution in [1.29, 1.82) is 0 Å². The number of aliphatic hydroxyl groups is 1. The molecule has 3 fully saturated rings. The molecule has 0 heterocycles. The van der Waals surface area contributed by atoms with Crippen molar-refractivity contribution < 1.29 is 14.0 Å². The zero-order valence-electron chi connectivity index (χ0n) is 24.6. The Morgan fingerprint density at radius 3 is 2.06 bits per heavy atom. The molecule has 0 aromatic carbocycles. The van der Waals surface area contributed by atoms with Crippen LogP contribution in [0.3, 0.4) is 0 Å². The fourth-order valence-electron chi connectivity index (χ4n) is 7.88. The van der Waals surface area contributed by atoms with E-state index >= 15 is 0 Å². The summed E-state index contributed by atoms with van der Waals surface area (Å²) in [5, 5.41) is 11.4. The largest absolute Gasteiger partial charge is 0.412 e. The Morgan fingerprint density at radius 1 is 0.971 bits per heavy atom. The van der Waals surface area contributed by atoms with Crippen molar-refractivity contribution in [2.45, 2.75) is 130 Å². The van der Waals surface area contributed by atoms with Gasteiger partial charge >= 0.3 is 0 Å². The van der Waals surface area contributed by atoms with Crippen molar-refractivity contribution in [2.24, 2.45) is 34.5 Å². The molecule has 3 aliphatic rings. The van der Waals surface area contributed by atoms with Gasteiger partial charge < -0.3 is 14.0 Å². The molecule has 0 spiro atoms. The third kappa shape index (κ3) is 5.64. The highest BCUT2D eigenvalue weighted by Crippen LogP contribution is 2.61. The summed E-state index contributed by atoms with van der Waals surface area (Å²) in [4.78, 5) is 0. The number of rotatable bonds is 7. The number of allylic oxidation sites excluding steroid dienone is 1. The summed E-state index contributed by atoms with van der Waals surface area (Å²) in [5.74, 6) is 1.68. The number of hydrogen-bond acceptors (Lipinski definition) is 3. The number of fused-ring (bicyclic) bond motifs is 1. The van der Waals surface area contributed by atoms with E-state index in [4.69, 9.17) is 8.85 Å². The molecule has 0 aromatic rings. The Kier molecular flexibility index (Phi) is 8.82. The van der Waals surface area contributed by atoms with Crippen molar-refractivity contribution >= 4 is 18.1 Å². The van der Waals surface area contributed by atoms with Crippen molar-refractivity contribution in [3.63, 3.8) is 0 Å². The van der Waals surface area contributed by atoms with Gasteiger partial charge in [-0.15, -0.1) is 0 Å². The summed E-state index contributed by atoms with van der Waals surface area (Å²) in [6.45, 7) is 27.7. The first-order valence-electron chi connectivity index (χ1n) is 14.5. The summed E-state index contributed by atoms with van der Waals surface area (Å²) in [5.41, 5.74) is 0.431. The first-order valence-corrected chi connectivity index (χ1v) is 20.0. The summed E-state index contributed by atoms with van der Waals surface area (Å²) in [7, 11) is -2.63. The maximum Gasteiger partial charge on any atom is 0.172 e. The molecule has 3 saturated carbocycles. The lowest BCUT2D eigenvalue weighted by atomic mass is 9.63. The maximum absolute atomic E-state index is 11.4. The first kappa shape index (κ1) is 29.4. The molecule has 6 atom stereocenters. The average Bonchev–Trinajstić information content (AvgIpc) is 3.15. The van der Waals surface area contributed by atoms with Crippen LogP contribution in [0.4, 0.5) is 0 Å². The Balaban J connectivity index is 2.10. The van der Waals surface area contributed by atoms with E-state index in [1.807, 2.05) is 0 Å². The Hall–Kier alpha value is -0.206. The van der Waals surface area contributed by atoms with Gasteiger partial charge in [0.25, 0.3) is 0 Å². The van der Waals surface area contributed by atoms with Gasteiger partial charge in [0.05, 0.1) is 11.2 Å². The zero-order chi connectivity index (χ0) is 26.4. The smallest absolute Gasteiger partial charge is 0.172 e. The lowest BCUT2D eigenvalue weighted by Crippen LogP contribution is -2.53. The second kappa shape index (κ2) is 10.5. The van der Waals surface area contributed by atoms with Crippen LogP contribution < -0.4 is 0 Å². The van der Waals surface area contributed by atoms with E-state index in [1.165, 1.54) is 32.1 Å². The molecular formula is C30H56O3Si2. The highest BCUT2D eigenvalue weighted by Gasteiger charge is 2.63. The summed E-state index contributed by atoms with van der Waals surface area (Å²) in [6.07, 6.45) is 12.9. The van der Waals surface area contributed by atoms with Gasteiger partial charge in [-0.1, -0.05) is 79.5 Å². The fourth-order valence-corrected chi connectivity index (χ4v) is 10.6. The fraction of sp³-hybridized carbons (Fsp3) is 0.867. The van der Waals surface area contributed by atoms with E-state index < -0.39 is 29.8 Å². The minimum absolute atomic E-state index is 0.0236. The van der Waals surface area contributed by atoms with E-state index in [9.17, 15) is 5.11 Å². The molecule has 0 bridgehead atoms. The van der Waals surface area contributed by atoms with Gasteiger partial charge in [-0.3, -0.25) is 0 Å². The second-order valence-electron chi connectivity index (χ2n) is 14.7. The normalized spacial score (nSPS) is 34.8. The quantitative estimate of drug-likeness (QED) is 0.283. The monoisotopic (exact) mass is 520 g/mol. The molecule has 3 rings (SSSR count). The molecule has 3 nitrogen and oxygen atoms in total. The van der Waals surface area contributed by atoms with Gasteiger partial charge in [0.15, 0.2) is 18.1 Å². The molecule has 0 radical (unpaired) electrons. The van der Waals surface area contributed by atoms with E-state index in [2.05, 4.69) is 86.5 Å². The van der Waals surface area contributed by atoms with Gasteiger partial charge in [-0.25, -0.2) is 0 Å². The lowest BCUT2D eigenvalue weighted by Gasteiger charge is -2.51. The summed E-state index contributed by atoms with van der Waals surface area (Å²) in [6, 6.07) is 0. The van der Waals surface area contributed by atoms with E-state index in [-0.39, 0.29) is 16.4 Å². The van der Waals surface area contributed by atoms with Crippen LogP contribution in [0.25, 0.3) is 0 Å². The molecule has 3 aliphatic carbocycles. The molecule has 1 unspecified atom stereocenters. The van der Waals surface area contributed by atoms with Crippen LogP contribution >= 0.6 is 0 Å². The molecule has 0 aromatic heterocycles. The molecule has 1 N–H and O–H groups in total. The molecular weight excluding hydrogens is 464 g/mol. The summed E-state index contributed by atoms with van der Waals surface area (Å²) >= 11 is 0. The van der Waals surface area contributed by atoms with Gasteiger partial charge in [0.2, 0.25) is 0 Å². The van der Waals surface area contributed by atoms with Crippen molar-refractivity contribution in [3.05, 3.63) is 24.3 Å². The molecule has 5 heteroatoms. The van der Waals surface area contributed by atoms with Gasteiger partial charge in [-0.05, 0) is 91.9 Å². The molecule has 35 heavy (non-hydrogen) atoms. The van der Waals surface area contributed by atoms with Gasteiger partial charge in [-0.2, -0.15) is 0 Å². The topological polar surface area (TPSA) is 38.7 Å². The number of aliphatic hydroxyl groups excluding tert-OH is 1. The zero-order valence-corrected chi connectivity index (χ0v) is 26.9. The average molecular weight is 521 g/mol. The molecule has 202 valence electrons. The van der Waals surface area contributed by atoms with Crippen LogP contribution in [-0.2, 0) is 8.85 Å². The lowest BCUT2D eigenvalue weighted by molar-refractivity contribution is -0.0550. The van der Waals surface area contributed by atoms with Gasteiger partial charge in [0, 0.05) is 0 Å². The Morgan fingerprint density at radius 2 is 1.57 bits per heavy atom. The van der Waals surface area contributed by atoms with Crippen molar-refractivity contribution in [1.82, 2.24) is 0 Å². The number of hydrogen-bond donors (Lipinski definition) is 1. The Labute approximate surface area is 220 Å². The van der Waals surface area contributed by atoms with Gasteiger partial charge in [0.1, 0.15) is 6.10 Å². The third-order valence-electron chi connectivity index (χ3n) is 9.38. The van der Waals surface area contributed by atoms with Crippen molar-refractivity contribution in [3.8, 4) is 0 Å². The van der Waals surface area contributed by atoms with Crippen LogP contribution in [0.2, 0.25) is 26.2 Å². The third-order valence-corrected chi connectivity index (χ3v) is 11.1. The van der Waals surface area contributed by atoms with Crippen LogP contribution in [0.1, 0.15) is 86.5 Å². The van der Waals surface area contributed by atoms with Crippen LogP contribution in [0, 0.1) is 34.5 Å². The summed E-state index contributed by atoms with van der Waals surface area (Å²) < 4.78 is 13.9. The van der Waals surface area contributed by atoms with Crippen LogP contribution in [0.5, 0.6) is 0 Å². The maximum atomic E-state index is 11.4. The van der Waals surface area contributed by atoms with E-state index in [1.54, 1.807) is 0 Å². The molecule has 0 amide bonds. The van der Waals surface area contributed by atoms with Crippen LogP contribution in [-0.4, -0.2) is 40.5 Å². The predicted octanol–water partition coefficient (Wildman–Crippen LogP) is 7.27. The first-order chi connectivity index (χ1) is 16.0. The highest BCUT2D eigenvalue weighted by molar-refractivity contribution is 6.48. The Bertz CT molecular complexity index is 771. The molecule has 0 saturated heterocycles. The van der Waals surface area contributed by atoms with Crippen LogP contribution in [0.15, 0.2) is 24.3 Å². The minimum atomic E-state index is -1.35.